The lowest BCUT2D eigenvalue weighted by molar-refractivity contribution is -0.346. The SMILES string of the molecule is CC(C)(C)OC(=O)N1CC[C@@H](OC(F)(F)F)C[C@H]1c1ccccc1. The summed E-state index contributed by atoms with van der Waals surface area (Å²) in [5.74, 6) is 0. The summed E-state index contributed by atoms with van der Waals surface area (Å²) in [6, 6.07) is 8.46. The Hall–Kier alpha value is -1.76. The van der Waals surface area contributed by atoms with Crippen molar-refractivity contribution in [2.75, 3.05) is 6.54 Å². The van der Waals surface area contributed by atoms with Gasteiger partial charge in [0.2, 0.25) is 0 Å². The Morgan fingerprint density at radius 2 is 1.79 bits per heavy atom. The van der Waals surface area contributed by atoms with Crippen LogP contribution < -0.4 is 0 Å². The number of hydrogen-bond acceptors (Lipinski definition) is 3. The maximum atomic E-state index is 12.5. The van der Waals surface area contributed by atoms with Crippen molar-refractivity contribution in [1.82, 2.24) is 4.90 Å². The molecule has 1 fully saturated rings. The van der Waals surface area contributed by atoms with E-state index in [1.54, 1.807) is 45.0 Å². The zero-order chi connectivity index (χ0) is 18.0. The number of alkyl halides is 3. The molecule has 0 bridgehead atoms. The Kier molecular flexibility index (Phi) is 5.42. The number of carbonyl (C=O) groups is 1. The van der Waals surface area contributed by atoms with Crippen LogP contribution in [-0.2, 0) is 9.47 Å². The molecule has 4 nitrogen and oxygen atoms in total. The largest absolute Gasteiger partial charge is 0.522 e. The number of benzene rings is 1. The first-order valence-electron chi connectivity index (χ1n) is 7.84. The fourth-order valence-electron chi connectivity index (χ4n) is 2.76. The van der Waals surface area contributed by atoms with E-state index in [2.05, 4.69) is 4.74 Å². The monoisotopic (exact) mass is 345 g/mol. The van der Waals surface area contributed by atoms with Crippen LogP contribution in [0.5, 0.6) is 0 Å². The summed E-state index contributed by atoms with van der Waals surface area (Å²) in [7, 11) is 0. The predicted octanol–water partition coefficient (Wildman–Crippen LogP) is 4.66. The smallest absolute Gasteiger partial charge is 0.444 e. The van der Waals surface area contributed by atoms with E-state index in [0.29, 0.717) is 0 Å². The molecule has 0 spiro atoms. The van der Waals surface area contributed by atoms with E-state index in [1.165, 1.54) is 4.90 Å². The van der Waals surface area contributed by atoms with E-state index in [1.807, 2.05) is 6.07 Å². The molecular weight excluding hydrogens is 323 g/mol. The van der Waals surface area contributed by atoms with E-state index >= 15 is 0 Å². The van der Waals surface area contributed by atoms with Gasteiger partial charge in [-0.05, 0) is 39.2 Å². The highest BCUT2D eigenvalue weighted by Crippen LogP contribution is 2.35. The fourth-order valence-corrected chi connectivity index (χ4v) is 2.76. The van der Waals surface area contributed by atoms with Crippen LogP contribution >= 0.6 is 0 Å². The molecule has 24 heavy (non-hydrogen) atoms. The highest BCUT2D eigenvalue weighted by atomic mass is 19.4. The summed E-state index contributed by atoms with van der Waals surface area (Å²) in [6.07, 6.45) is -6.00. The summed E-state index contributed by atoms with van der Waals surface area (Å²) in [5.41, 5.74) is 0.0938. The highest BCUT2D eigenvalue weighted by Gasteiger charge is 2.40. The zero-order valence-electron chi connectivity index (χ0n) is 14.0. The van der Waals surface area contributed by atoms with Gasteiger partial charge in [-0.25, -0.2) is 4.79 Å². The first kappa shape index (κ1) is 18.6. The number of halogens is 3. The number of hydrogen-bond donors (Lipinski definition) is 0. The lowest BCUT2D eigenvalue weighted by Crippen LogP contribution is -2.46. The van der Waals surface area contributed by atoms with Crippen molar-refractivity contribution in [3.05, 3.63) is 35.9 Å². The van der Waals surface area contributed by atoms with Crippen LogP contribution in [-0.4, -0.2) is 35.6 Å². The van der Waals surface area contributed by atoms with Crippen molar-refractivity contribution in [3.8, 4) is 0 Å². The fraction of sp³-hybridized carbons (Fsp3) is 0.588. The van der Waals surface area contributed by atoms with Gasteiger partial charge in [-0.3, -0.25) is 4.74 Å². The molecule has 0 N–H and O–H groups in total. The molecule has 1 aliphatic heterocycles. The number of amides is 1. The molecule has 1 aromatic carbocycles. The van der Waals surface area contributed by atoms with Crippen LogP contribution in [0.3, 0.4) is 0 Å². The third kappa shape index (κ3) is 5.40. The van der Waals surface area contributed by atoms with Crippen LogP contribution in [0.4, 0.5) is 18.0 Å². The van der Waals surface area contributed by atoms with E-state index < -0.39 is 30.2 Å². The van der Waals surface area contributed by atoms with Crippen molar-refractivity contribution < 1.29 is 27.4 Å². The summed E-state index contributed by atoms with van der Waals surface area (Å²) in [4.78, 5) is 13.9. The molecule has 1 aliphatic rings. The van der Waals surface area contributed by atoms with Crippen molar-refractivity contribution in [2.24, 2.45) is 0 Å². The minimum atomic E-state index is -4.68. The molecule has 0 saturated carbocycles. The molecule has 0 aliphatic carbocycles. The standard InChI is InChI=1S/C17H22F3NO3/c1-16(2,3)24-15(22)21-10-9-13(23-17(18,19)20)11-14(21)12-7-5-4-6-8-12/h4-8,13-14H,9-11H2,1-3H3/t13-,14+/m1/s1. The van der Waals surface area contributed by atoms with Gasteiger partial charge in [0.15, 0.2) is 0 Å². The highest BCUT2D eigenvalue weighted by molar-refractivity contribution is 5.69. The molecule has 0 unspecified atom stereocenters. The lowest BCUT2D eigenvalue weighted by Gasteiger charge is -2.40. The second-order valence-electron chi connectivity index (χ2n) is 6.81. The van der Waals surface area contributed by atoms with E-state index in [0.717, 1.165) is 5.56 Å². The maximum Gasteiger partial charge on any atom is 0.522 e. The number of carbonyl (C=O) groups excluding carboxylic acids is 1. The minimum Gasteiger partial charge on any atom is -0.444 e. The third-order valence-corrected chi connectivity index (χ3v) is 3.67. The van der Waals surface area contributed by atoms with Crippen LogP contribution in [0, 0.1) is 0 Å². The first-order valence-corrected chi connectivity index (χ1v) is 7.84. The number of rotatable bonds is 2. The van der Waals surface area contributed by atoms with Gasteiger partial charge in [-0.15, -0.1) is 13.2 Å². The number of nitrogens with zero attached hydrogens (tertiary/aromatic N) is 1. The zero-order valence-corrected chi connectivity index (χ0v) is 14.0. The van der Waals surface area contributed by atoms with Gasteiger partial charge >= 0.3 is 12.5 Å². The number of ether oxygens (including phenoxy) is 2. The van der Waals surface area contributed by atoms with E-state index in [9.17, 15) is 18.0 Å². The van der Waals surface area contributed by atoms with Gasteiger partial charge in [-0.2, -0.15) is 0 Å². The minimum absolute atomic E-state index is 0.0722. The Morgan fingerprint density at radius 3 is 2.33 bits per heavy atom. The summed E-state index contributed by atoms with van der Waals surface area (Å²) < 4.78 is 47.1. The van der Waals surface area contributed by atoms with Crippen LogP contribution in [0.15, 0.2) is 30.3 Å². The lowest BCUT2D eigenvalue weighted by atomic mass is 9.93. The van der Waals surface area contributed by atoms with Crippen molar-refractivity contribution in [3.63, 3.8) is 0 Å². The molecule has 7 heteroatoms. The van der Waals surface area contributed by atoms with Gasteiger partial charge in [0, 0.05) is 6.54 Å². The van der Waals surface area contributed by atoms with Crippen LogP contribution in [0.1, 0.15) is 45.2 Å². The first-order chi connectivity index (χ1) is 11.1. The second-order valence-corrected chi connectivity index (χ2v) is 6.81. The van der Waals surface area contributed by atoms with Crippen molar-refractivity contribution >= 4 is 6.09 Å². The average Bonchev–Trinajstić information content (AvgIpc) is 2.44. The Bertz CT molecular complexity index is 554. The van der Waals surface area contributed by atoms with Crippen LogP contribution in [0.2, 0.25) is 0 Å². The molecule has 1 heterocycles. The third-order valence-electron chi connectivity index (χ3n) is 3.67. The Morgan fingerprint density at radius 1 is 1.17 bits per heavy atom. The van der Waals surface area contributed by atoms with Crippen LogP contribution in [0.25, 0.3) is 0 Å². The van der Waals surface area contributed by atoms with Gasteiger partial charge in [-0.1, -0.05) is 30.3 Å². The van der Waals surface area contributed by atoms with E-state index in [-0.39, 0.29) is 19.4 Å². The summed E-state index contributed by atoms with van der Waals surface area (Å²) in [5, 5.41) is 0. The van der Waals surface area contributed by atoms with E-state index in [4.69, 9.17) is 4.74 Å². The summed E-state index contributed by atoms with van der Waals surface area (Å²) >= 11 is 0. The molecule has 1 saturated heterocycles. The molecule has 2 atom stereocenters. The average molecular weight is 345 g/mol. The maximum absolute atomic E-state index is 12.5. The Labute approximate surface area is 139 Å². The second kappa shape index (κ2) is 7.01. The molecule has 2 rings (SSSR count). The topological polar surface area (TPSA) is 38.8 Å². The molecule has 0 radical (unpaired) electrons. The number of piperidine rings is 1. The predicted molar refractivity (Wildman–Crippen MR) is 82.3 cm³/mol. The Balaban J connectivity index is 2.19. The normalized spacial score (nSPS) is 22.3. The number of likely N-dealkylation sites (tertiary alicyclic amines) is 1. The molecular formula is C17H22F3NO3. The van der Waals surface area contributed by atoms with Crippen molar-refractivity contribution in [1.29, 1.82) is 0 Å². The molecule has 1 aromatic rings. The molecule has 0 aromatic heterocycles. The van der Waals surface area contributed by atoms with Gasteiger partial charge < -0.3 is 9.64 Å². The van der Waals surface area contributed by atoms with Gasteiger partial charge in [0.25, 0.3) is 0 Å². The summed E-state index contributed by atoms with van der Waals surface area (Å²) in [6.45, 7) is 5.40. The van der Waals surface area contributed by atoms with Gasteiger partial charge in [0.05, 0.1) is 12.1 Å². The van der Waals surface area contributed by atoms with Crippen molar-refractivity contribution in [2.45, 2.75) is 57.7 Å². The van der Waals surface area contributed by atoms with Gasteiger partial charge in [0.1, 0.15) is 5.60 Å². The molecule has 134 valence electrons. The quantitative estimate of drug-likeness (QED) is 0.782. The molecule has 1 amide bonds.